The zero-order valence-electron chi connectivity index (χ0n) is 14.3. The van der Waals surface area contributed by atoms with E-state index in [0.29, 0.717) is 0 Å². The summed E-state index contributed by atoms with van der Waals surface area (Å²) in [6, 6.07) is 8.86. The fraction of sp³-hybridized carbons (Fsp3) is 0.529. The molecule has 0 aliphatic rings. The van der Waals surface area contributed by atoms with Crippen molar-refractivity contribution in [3.8, 4) is 0 Å². The average Bonchev–Trinajstić information content (AvgIpc) is 2.52. The number of carboxylic acids is 1. The number of nitrogens with zero attached hydrogens (tertiary/aromatic N) is 1. The van der Waals surface area contributed by atoms with E-state index >= 15 is 0 Å². The van der Waals surface area contributed by atoms with Crippen LogP contribution in [0.3, 0.4) is 0 Å². The van der Waals surface area contributed by atoms with Crippen molar-refractivity contribution in [1.82, 2.24) is 4.90 Å². The maximum Gasteiger partial charge on any atom is 0.411 e. The number of hydrogen-bond donors (Lipinski definition) is 1. The first-order valence-electron chi connectivity index (χ1n) is 7.51. The van der Waals surface area contributed by atoms with Gasteiger partial charge in [0.15, 0.2) is 5.54 Å². The highest BCUT2D eigenvalue weighted by atomic mass is 16.6. The average molecular weight is 323 g/mol. The van der Waals surface area contributed by atoms with Crippen molar-refractivity contribution in [1.29, 1.82) is 0 Å². The van der Waals surface area contributed by atoms with Crippen LogP contribution in [0.1, 0.15) is 33.3 Å². The van der Waals surface area contributed by atoms with Crippen molar-refractivity contribution in [3.63, 3.8) is 0 Å². The molecular formula is C17H25NO5. The second-order valence-corrected chi connectivity index (χ2v) is 5.83. The smallest absolute Gasteiger partial charge is 0.411 e. The molecule has 0 radical (unpaired) electrons. The minimum absolute atomic E-state index is 0.0833. The topological polar surface area (TPSA) is 76.1 Å². The zero-order valence-corrected chi connectivity index (χ0v) is 14.3. The molecule has 0 heterocycles. The Kier molecular flexibility index (Phi) is 6.57. The molecule has 128 valence electrons. The summed E-state index contributed by atoms with van der Waals surface area (Å²) in [6.07, 6.45) is -1.38. The van der Waals surface area contributed by atoms with Crippen LogP contribution >= 0.6 is 0 Å². The van der Waals surface area contributed by atoms with E-state index in [1.807, 2.05) is 30.3 Å². The van der Waals surface area contributed by atoms with Crippen LogP contribution < -0.4 is 0 Å². The van der Waals surface area contributed by atoms with Crippen molar-refractivity contribution >= 4 is 12.1 Å². The summed E-state index contributed by atoms with van der Waals surface area (Å²) in [6.45, 7) is 6.65. The van der Waals surface area contributed by atoms with Gasteiger partial charge in [0.05, 0.1) is 6.10 Å². The molecule has 0 aromatic heterocycles. The Morgan fingerprint density at radius 1 is 1.22 bits per heavy atom. The number of methoxy groups -OCH3 is 1. The lowest BCUT2D eigenvalue weighted by Crippen LogP contribution is -2.63. The van der Waals surface area contributed by atoms with E-state index in [0.717, 1.165) is 5.56 Å². The van der Waals surface area contributed by atoms with Crippen LogP contribution in [0.25, 0.3) is 0 Å². The van der Waals surface area contributed by atoms with E-state index in [1.54, 1.807) is 20.8 Å². The van der Waals surface area contributed by atoms with E-state index in [4.69, 9.17) is 9.47 Å². The van der Waals surface area contributed by atoms with Crippen LogP contribution in [-0.2, 0) is 20.9 Å². The molecule has 1 aromatic rings. The first-order chi connectivity index (χ1) is 10.7. The van der Waals surface area contributed by atoms with E-state index in [-0.39, 0.29) is 12.6 Å². The largest absolute Gasteiger partial charge is 0.479 e. The monoisotopic (exact) mass is 323 g/mol. The number of carbonyl (C=O) groups is 2. The summed E-state index contributed by atoms with van der Waals surface area (Å²) < 4.78 is 10.5. The van der Waals surface area contributed by atoms with Gasteiger partial charge in [0.2, 0.25) is 0 Å². The van der Waals surface area contributed by atoms with Gasteiger partial charge in [-0.05, 0) is 33.3 Å². The summed E-state index contributed by atoms with van der Waals surface area (Å²) in [5.74, 6) is -1.14. The van der Waals surface area contributed by atoms with Crippen LogP contribution in [-0.4, -0.2) is 46.9 Å². The number of benzene rings is 1. The lowest BCUT2D eigenvalue weighted by atomic mass is 9.92. The molecule has 0 aliphatic carbocycles. The third-order valence-corrected chi connectivity index (χ3v) is 4.00. The van der Waals surface area contributed by atoms with Gasteiger partial charge in [0, 0.05) is 13.2 Å². The minimum atomic E-state index is -1.53. The van der Waals surface area contributed by atoms with Gasteiger partial charge in [-0.1, -0.05) is 30.3 Å². The Morgan fingerprint density at radius 2 is 1.78 bits per heavy atom. The summed E-state index contributed by atoms with van der Waals surface area (Å²) in [5.41, 5.74) is -0.696. The van der Waals surface area contributed by atoms with Gasteiger partial charge >= 0.3 is 12.1 Å². The van der Waals surface area contributed by atoms with Gasteiger partial charge in [-0.15, -0.1) is 0 Å². The van der Waals surface area contributed by atoms with Crippen molar-refractivity contribution in [2.24, 2.45) is 0 Å². The van der Waals surface area contributed by atoms with Crippen LogP contribution in [0.2, 0.25) is 0 Å². The molecule has 0 spiro atoms. The molecular weight excluding hydrogens is 298 g/mol. The van der Waals surface area contributed by atoms with Crippen LogP contribution in [0.4, 0.5) is 4.79 Å². The Labute approximate surface area is 137 Å². The Morgan fingerprint density at radius 3 is 2.22 bits per heavy atom. The molecule has 0 bridgehead atoms. The lowest BCUT2D eigenvalue weighted by molar-refractivity contribution is -0.160. The first kappa shape index (κ1) is 19.0. The van der Waals surface area contributed by atoms with Crippen LogP contribution in [0, 0.1) is 0 Å². The molecule has 0 aliphatic heterocycles. The zero-order chi connectivity index (χ0) is 17.6. The molecule has 2 atom stereocenters. The summed E-state index contributed by atoms with van der Waals surface area (Å²) in [4.78, 5) is 25.5. The van der Waals surface area contributed by atoms with Crippen LogP contribution in [0.5, 0.6) is 0 Å². The van der Waals surface area contributed by atoms with Crippen LogP contribution in [0.15, 0.2) is 30.3 Å². The van der Waals surface area contributed by atoms with Crippen molar-refractivity contribution < 1.29 is 24.2 Å². The number of aliphatic carboxylic acids is 1. The van der Waals surface area contributed by atoms with Crippen molar-refractivity contribution in [2.75, 3.05) is 7.11 Å². The number of hydrogen-bond acceptors (Lipinski definition) is 4. The molecule has 1 amide bonds. The van der Waals surface area contributed by atoms with Gasteiger partial charge in [-0.3, -0.25) is 4.90 Å². The molecule has 2 unspecified atom stereocenters. The number of carboxylic acid groups (broad SMARTS) is 1. The molecule has 0 saturated heterocycles. The quantitative estimate of drug-likeness (QED) is 0.835. The standard InChI is InChI=1S/C17H25NO5/c1-12(2)18(17(4,15(19)20)13(3)22-5)16(21)23-11-14-9-7-6-8-10-14/h6-10,12-13H,11H2,1-5H3,(H,19,20). The second-order valence-electron chi connectivity index (χ2n) is 5.83. The highest BCUT2D eigenvalue weighted by molar-refractivity contribution is 5.85. The molecule has 1 aromatic carbocycles. The predicted octanol–water partition coefficient (Wildman–Crippen LogP) is 2.91. The third kappa shape index (κ3) is 4.22. The van der Waals surface area contributed by atoms with Crippen molar-refractivity contribution in [3.05, 3.63) is 35.9 Å². The van der Waals surface area contributed by atoms with Crippen molar-refractivity contribution in [2.45, 2.75) is 52.0 Å². The fourth-order valence-electron chi connectivity index (χ4n) is 2.43. The molecule has 23 heavy (non-hydrogen) atoms. The Hall–Kier alpha value is -2.08. The number of carbonyl (C=O) groups excluding carboxylic acids is 1. The second kappa shape index (κ2) is 7.97. The number of amides is 1. The molecule has 1 N–H and O–H groups in total. The highest BCUT2D eigenvalue weighted by Gasteiger charge is 2.49. The van der Waals surface area contributed by atoms with Gasteiger partial charge < -0.3 is 14.6 Å². The number of ether oxygens (including phenoxy) is 2. The minimum Gasteiger partial charge on any atom is -0.479 e. The molecule has 6 heteroatoms. The normalized spacial score (nSPS) is 14.9. The third-order valence-electron chi connectivity index (χ3n) is 4.00. The molecule has 1 rings (SSSR count). The predicted molar refractivity (Wildman–Crippen MR) is 86.1 cm³/mol. The van der Waals surface area contributed by atoms with E-state index in [1.165, 1.54) is 18.9 Å². The van der Waals surface area contributed by atoms with Gasteiger partial charge in [0.25, 0.3) is 0 Å². The fourth-order valence-corrected chi connectivity index (χ4v) is 2.43. The molecule has 6 nitrogen and oxygen atoms in total. The lowest BCUT2D eigenvalue weighted by Gasteiger charge is -2.42. The highest BCUT2D eigenvalue weighted by Crippen LogP contribution is 2.26. The van der Waals surface area contributed by atoms with E-state index in [9.17, 15) is 14.7 Å². The number of rotatable bonds is 7. The first-order valence-corrected chi connectivity index (χ1v) is 7.51. The Balaban J connectivity index is 2.99. The maximum absolute atomic E-state index is 12.5. The summed E-state index contributed by atoms with van der Waals surface area (Å²) >= 11 is 0. The van der Waals surface area contributed by atoms with Gasteiger partial charge in [-0.2, -0.15) is 0 Å². The van der Waals surface area contributed by atoms with E-state index in [2.05, 4.69) is 0 Å². The SMILES string of the molecule is COC(C)C(C)(C(=O)O)N(C(=O)OCc1ccccc1)C(C)C. The van der Waals surface area contributed by atoms with Gasteiger partial charge in [-0.25, -0.2) is 9.59 Å². The summed E-state index contributed by atoms with van der Waals surface area (Å²) in [5, 5.41) is 9.66. The Bertz CT molecular complexity index is 531. The van der Waals surface area contributed by atoms with E-state index < -0.39 is 23.7 Å². The van der Waals surface area contributed by atoms with Gasteiger partial charge in [0.1, 0.15) is 6.61 Å². The summed E-state index contributed by atoms with van der Waals surface area (Å²) in [7, 11) is 1.42. The maximum atomic E-state index is 12.5. The molecule has 0 saturated carbocycles. The molecule has 0 fully saturated rings.